The van der Waals surface area contributed by atoms with Crippen LogP contribution in [0.2, 0.25) is 0 Å². The van der Waals surface area contributed by atoms with Gasteiger partial charge in [-0.25, -0.2) is 0 Å². The largest absolute Gasteiger partial charge is 0.370 e. The maximum Gasteiger partial charge on any atom is 0.0830 e. The van der Waals surface area contributed by atoms with Gasteiger partial charge in [-0.05, 0) is 26.7 Å². The Kier molecular flexibility index (Phi) is 5.57. The Balaban J connectivity index is 0.000000310. The van der Waals surface area contributed by atoms with E-state index in [1.807, 2.05) is 0 Å². The first-order valence-corrected chi connectivity index (χ1v) is 5.20. The van der Waals surface area contributed by atoms with Crippen LogP contribution < -0.4 is 5.32 Å². The lowest BCUT2D eigenvalue weighted by molar-refractivity contribution is -0.0797. The molecule has 0 bridgehead atoms. The lowest BCUT2D eigenvalue weighted by Gasteiger charge is -2.33. The van der Waals surface area contributed by atoms with Crippen molar-refractivity contribution in [2.24, 2.45) is 5.92 Å². The van der Waals surface area contributed by atoms with Crippen molar-refractivity contribution in [2.45, 2.75) is 53.2 Å². The van der Waals surface area contributed by atoms with Gasteiger partial charge in [-0.2, -0.15) is 0 Å². The predicted molar refractivity (Wildman–Crippen MR) is 58.0 cm³/mol. The van der Waals surface area contributed by atoms with Crippen LogP contribution in [0.25, 0.3) is 0 Å². The zero-order chi connectivity index (χ0) is 10.5. The van der Waals surface area contributed by atoms with Crippen molar-refractivity contribution in [3.8, 4) is 0 Å². The average molecular weight is 187 g/mol. The van der Waals surface area contributed by atoms with Crippen LogP contribution in [0.3, 0.4) is 0 Å². The van der Waals surface area contributed by atoms with Gasteiger partial charge in [0.05, 0.1) is 11.7 Å². The molecule has 0 aromatic heterocycles. The maximum absolute atomic E-state index is 5.61. The molecule has 1 rings (SSSR count). The summed E-state index contributed by atoms with van der Waals surface area (Å²) in [7, 11) is 0. The summed E-state index contributed by atoms with van der Waals surface area (Å²) in [6.45, 7) is 14.8. The van der Waals surface area contributed by atoms with E-state index in [2.05, 4.69) is 46.9 Å². The molecular weight excluding hydrogens is 162 g/mol. The summed E-state index contributed by atoms with van der Waals surface area (Å²) < 4.78 is 5.61. The molecule has 0 radical (unpaired) electrons. The van der Waals surface area contributed by atoms with E-state index < -0.39 is 0 Å². The van der Waals surface area contributed by atoms with Crippen molar-refractivity contribution < 1.29 is 4.74 Å². The minimum Gasteiger partial charge on any atom is -0.370 e. The molecule has 0 spiro atoms. The van der Waals surface area contributed by atoms with E-state index in [9.17, 15) is 0 Å². The predicted octanol–water partition coefficient (Wildman–Crippen LogP) is 2.44. The lowest BCUT2D eigenvalue weighted by atomic mass is 10.1. The quantitative estimate of drug-likeness (QED) is 0.681. The first kappa shape index (κ1) is 12.9. The van der Waals surface area contributed by atoms with Gasteiger partial charge >= 0.3 is 0 Å². The molecule has 0 aliphatic carbocycles. The molecular formula is C11H25NO. The fraction of sp³-hybridized carbons (Fsp3) is 1.00. The molecule has 1 aliphatic heterocycles. The third kappa shape index (κ3) is 9.84. The molecule has 0 atom stereocenters. The van der Waals surface area contributed by atoms with Crippen molar-refractivity contribution >= 4 is 0 Å². The van der Waals surface area contributed by atoms with Gasteiger partial charge in [0.1, 0.15) is 0 Å². The van der Waals surface area contributed by atoms with Gasteiger partial charge in [0.25, 0.3) is 0 Å². The molecule has 2 nitrogen and oxygen atoms in total. The molecule has 1 fully saturated rings. The van der Waals surface area contributed by atoms with Crippen LogP contribution in [-0.4, -0.2) is 24.8 Å². The second-order valence-electron chi connectivity index (χ2n) is 5.24. The van der Waals surface area contributed by atoms with Crippen molar-refractivity contribution in [2.75, 3.05) is 13.1 Å². The topological polar surface area (TPSA) is 21.3 Å². The summed E-state index contributed by atoms with van der Waals surface area (Å²) in [5.41, 5.74) is 0.0345. The zero-order valence-electron chi connectivity index (χ0n) is 9.98. The van der Waals surface area contributed by atoms with Gasteiger partial charge in [-0.15, -0.1) is 0 Å². The third-order valence-electron chi connectivity index (χ3n) is 1.26. The van der Waals surface area contributed by atoms with Gasteiger partial charge in [-0.1, -0.05) is 20.8 Å². The van der Waals surface area contributed by atoms with Gasteiger partial charge < -0.3 is 10.1 Å². The van der Waals surface area contributed by atoms with Gasteiger partial charge in [0, 0.05) is 13.1 Å². The second kappa shape index (κ2) is 5.61. The number of hydrogen-bond donors (Lipinski definition) is 1. The van der Waals surface area contributed by atoms with E-state index in [1.165, 1.54) is 0 Å². The summed E-state index contributed by atoms with van der Waals surface area (Å²) in [6.07, 6.45) is 0.463. The van der Waals surface area contributed by atoms with E-state index in [1.54, 1.807) is 0 Å². The van der Waals surface area contributed by atoms with E-state index in [0.29, 0.717) is 6.10 Å². The zero-order valence-corrected chi connectivity index (χ0v) is 9.98. The molecule has 2 heteroatoms. The van der Waals surface area contributed by atoms with E-state index in [-0.39, 0.29) is 5.60 Å². The first-order chi connectivity index (χ1) is 5.81. The standard InChI is InChI=1S/C7H15NO.C4H10/c1-7(2,3)9-6-4-8-5-6;1-4(2)3/h6,8H,4-5H2,1-3H3;4H,1-3H3. The highest BCUT2D eigenvalue weighted by molar-refractivity contribution is 4.77. The summed E-state index contributed by atoms with van der Waals surface area (Å²) in [4.78, 5) is 0. The van der Waals surface area contributed by atoms with Gasteiger partial charge in [0.15, 0.2) is 0 Å². The highest BCUT2D eigenvalue weighted by Crippen LogP contribution is 2.12. The molecule has 1 N–H and O–H groups in total. The van der Waals surface area contributed by atoms with Crippen LogP contribution >= 0.6 is 0 Å². The Morgan fingerprint density at radius 3 is 1.62 bits per heavy atom. The fourth-order valence-corrected chi connectivity index (χ4v) is 0.846. The highest BCUT2D eigenvalue weighted by Gasteiger charge is 2.23. The summed E-state index contributed by atoms with van der Waals surface area (Å²) in [6, 6.07) is 0. The minimum atomic E-state index is 0.0345. The summed E-state index contributed by atoms with van der Waals surface area (Å²) >= 11 is 0. The Morgan fingerprint density at radius 2 is 1.54 bits per heavy atom. The normalized spacial score (nSPS) is 17.8. The molecule has 0 saturated carbocycles. The third-order valence-corrected chi connectivity index (χ3v) is 1.26. The summed E-state index contributed by atoms with van der Waals surface area (Å²) in [5, 5.41) is 3.16. The fourth-order valence-electron chi connectivity index (χ4n) is 0.846. The molecule has 0 unspecified atom stereocenters. The number of ether oxygens (including phenoxy) is 1. The molecule has 0 aromatic rings. The van der Waals surface area contributed by atoms with Crippen LogP contribution in [0, 0.1) is 5.92 Å². The number of rotatable bonds is 1. The molecule has 1 aliphatic rings. The molecule has 1 heterocycles. The van der Waals surface area contributed by atoms with Crippen LogP contribution in [0.15, 0.2) is 0 Å². The van der Waals surface area contributed by atoms with Gasteiger partial charge in [0.2, 0.25) is 0 Å². The lowest BCUT2D eigenvalue weighted by Crippen LogP contribution is -2.51. The Hall–Kier alpha value is -0.0800. The SMILES string of the molecule is CC(C)(C)OC1CNC1.CC(C)C. The van der Waals surface area contributed by atoms with Crippen molar-refractivity contribution in [1.29, 1.82) is 0 Å². The van der Waals surface area contributed by atoms with Crippen LogP contribution in [0.1, 0.15) is 41.5 Å². The maximum atomic E-state index is 5.61. The van der Waals surface area contributed by atoms with E-state index in [0.717, 1.165) is 19.0 Å². The van der Waals surface area contributed by atoms with E-state index in [4.69, 9.17) is 4.74 Å². The molecule has 0 aromatic carbocycles. The average Bonchev–Trinajstić information content (AvgIpc) is 1.75. The van der Waals surface area contributed by atoms with E-state index >= 15 is 0 Å². The molecule has 13 heavy (non-hydrogen) atoms. The molecule has 80 valence electrons. The van der Waals surface area contributed by atoms with Crippen molar-refractivity contribution in [3.05, 3.63) is 0 Å². The van der Waals surface area contributed by atoms with Crippen molar-refractivity contribution in [3.63, 3.8) is 0 Å². The summed E-state index contributed by atoms with van der Waals surface area (Å²) in [5.74, 6) is 0.833. The Labute approximate surface area is 83.1 Å². The minimum absolute atomic E-state index is 0.0345. The molecule has 1 saturated heterocycles. The van der Waals surface area contributed by atoms with Gasteiger partial charge in [-0.3, -0.25) is 0 Å². The van der Waals surface area contributed by atoms with Crippen LogP contribution in [0.4, 0.5) is 0 Å². The number of nitrogens with one attached hydrogen (secondary N) is 1. The van der Waals surface area contributed by atoms with Crippen LogP contribution in [0.5, 0.6) is 0 Å². The first-order valence-electron chi connectivity index (χ1n) is 5.20. The number of hydrogen-bond acceptors (Lipinski definition) is 2. The monoisotopic (exact) mass is 187 g/mol. The highest BCUT2D eigenvalue weighted by atomic mass is 16.5. The second-order valence-corrected chi connectivity index (χ2v) is 5.24. The Bertz CT molecular complexity index is 120. The molecule has 0 amide bonds. The van der Waals surface area contributed by atoms with Crippen molar-refractivity contribution in [1.82, 2.24) is 5.32 Å². The smallest absolute Gasteiger partial charge is 0.0830 e. The van der Waals surface area contributed by atoms with Crippen LogP contribution in [-0.2, 0) is 4.74 Å². The Morgan fingerprint density at radius 1 is 1.15 bits per heavy atom.